The third kappa shape index (κ3) is 2.18. The molecule has 0 saturated carbocycles. The van der Waals surface area contributed by atoms with Gasteiger partial charge in [0.1, 0.15) is 0 Å². The number of rotatable bonds is 3. The van der Waals surface area contributed by atoms with Gasteiger partial charge < -0.3 is 5.32 Å². The largest absolute Gasteiger partial charge is 0.309 e. The van der Waals surface area contributed by atoms with Gasteiger partial charge in [0.15, 0.2) is 0 Å². The number of hydrogen-bond acceptors (Lipinski definition) is 2. The van der Waals surface area contributed by atoms with Gasteiger partial charge in [-0.2, -0.15) is 0 Å². The van der Waals surface area contributed by atoms with Crippen molar-refractivity contribution in [1.82, 2.24) is 10.2 Å². The zero-order chi connectivity index (χ0) is 9.97. The van der Waals surface area contributed by atoms with Crippen LogP contribution in [0.3, 0.4) is 0 Å². The first-order chi connectivity index (χ1) is 6.79. The van der Waals surface area contributed by atoms with Crippen LogP contribution in [-0.2, 0) is 0 Å². The first-order valence-corrected chi connectivity index (χ1v) is 5.90. The zero-order valence-electron chi connectivity index (χ0n) is 9.47. The summed E-state index contributed by atoms with van der Waals surface area (Å²) in [6, 6.07) is 0. The molecule has 2 fully saturated rings. The smallest absolute Gasteiger partial charge is 0.0193 e. The molecule has 1 atom stereocenters. The van der Waals surface area contributed by atoms with Crippen LogP contribution in [0.1, 0.15) is 26.7 Å². The van der Waals surface area contributed by atoms with Gasteiger partial charge in [-0.05, 0) is 31.4 Å². The van der Waals surface area contributed by atoms with Gasteiger partial charge in [0, 0.05) is 26.2 Å². The van der Waals surface area contributed by atoms with Crippen LogP contribution in [0.15, 0.2) is 11.1 Å². The van der Waals surface area contributed by atoms with Crippen LogP contribution in [0.2, 0.25) is 0 Å². The number of likely N-dealkylation sites (tertiary alicyclic amines) is 1. The summed E-state index contributed by atoms with van der Waals surface area (Å²) in [5, 5.41) is 3.31. The average molecular weight is 194 g/mol. The molecular formula is C12H22N2. The molecule has 0 aromatic rings. The highest BCUT2D eigenvalue weighted by molar-refractivity contribution is 5.22. The lowest BCUT2D eigenvalue weighted by atomic mass is 10.0. The molecule has 0 aromatic heterocycles. The topological polar surface area (TPSA) is 15.3 Å². The predicted octanol–water partition coefficient (Wildman–Crippen LogP) is 1.64. The van der Waals surface area contributed by atoms with Crippen molar-refractivity contribution < 1.29 is 0 Å². The molecule has 2 aliphatic heterocycles. The van der Waals surface area contributed by atoms with Crippen molar-refractivity contribution in [1.29, 1.82) is 0 Å². The minimum atomic E-state index is 0.965. The molecule has 0 amide bonds. The van der Waals surface area contributed by atoms with Crippen LogP contribution >= 0.6 is 0 Å². The Bertz CT molecular complexity index is 226. The monoisotopic (exact) mass is 194 g/mol. The number of nitrogens with one attached hydrogen (secondary N) is 1. The fraction of sp³-hybridized carbons (Fsp3) is 0.833. The Kier molecular flexibility index (Phi) is 3.24. The van der Waals surface area contributed by atoms with E-state index >= 15 is 0 Å². The van der Waals surface area contributed by atoms with E-state index in [1.165, 1.54) is 32.5 Å². The highest BCUT2D eigenvalue weighted by Crippen LogP contribution is 2.20. The van der Waals surface area contributed by atoms with E-state index < -0.39 is 0 Å². The normalized spacial score (nSPS) is 27.9. The van der Waals surface area contributed by atoms with Gasteiger partial charge in [-0.3, -0.25) is 4.90 Å². The van der Waals surface area contributed by atoms with Crippen LogP contribution in [0, 0.1) is 5.92 Å². The van der Waals surface area contributed by atoms with Gasteiger partial charge in [0.05, 0.1) is 0 Å². The summed E-state index contributed by atoms with van der Waals surface area (Å²) >= 11 is 0. The van der Waals surface area contributed by atoms with Crippen molar-refractivity contribution in [2.24, 2.45) is 5.92 Å². The van der Waals surface area contributed by atoms with E-state index in [4.69, 9.17) is 0 Å². The van der Waals surface area contributed by atoms with Crippen molar-refractivity contribution in [3.05, 3.63) is 11.1 Å². The lowest BCUT2D eigenvalue weighted by Gasteiger charge is -2.25. The number of nitrogens with zero attached hydrogens (tertiary/aromatic N) is 1. The molecule has 0 bridgehead atoms. The molecule has 14 heavy (non-hydrogen) atoms. The van der Waals surface area contributed by atoms with Crippen molar-refractivity contribution in [3.8, 4) is 0 Å². The Labute approximate surface area is 87.4 Å². The highest BCUT2D eigenvalue weighted by Gasteiger charge is 2.21. The third-order valence-corrected chi connectivity index (χ3v) is 3.69. The Hall–Kier alpha value is -0.340. The fourth-order valence-corrected chi connectivity index (χ4v) is 2.39. The molecule has 2 heteroatoms. The first-order valence-electron chi connectivity index (χ1n) is 5.90. The van der Waals surface area contributed by atoms with E-state index in [2.05, 4.69) is 24.1 Å². The molecule has 0 aromatic carbocycles. The maximum atomic E-state index is 3.31. The standard InChI is InChI=1S/C12H22N2/c1-3-11-4-5-14(9-11)8-10(2)12-6-13-7-12/h11,13H,3-9H2,1-2H3. The molecule has 1 N–H and O–H groups in total. The van der Waals surface area contributed by atoms with Gasteiger partial charge >= 0.3 is 0 Å². The van der Waals surface area contributed by atoms with E-state index in [0.717, 1.165) is 19.0 Å². The van der Waals surface area contributed by atoms with Gasteiger partial charge in [-0.1, -0.05) is 18.9 Å². The second kappa shape index (κ2) is 4.45. The van der Waals surface area contributed by atoms with Crippen LogP contribution in [-0.4, -0.2) is 37.6 Å². The lowest BCUT2D eigenvalue weighted by molar-refractivity contribution is 0.346. The van der Waals surface area contributed by atoms with E-state index in [9.17, 15) is 0 Å². The van der Waals surface area contributed by atoms with Crippen molar-refractivity contribution in [2.75, 3.05) is 32.7 Å². The summed E-state index contributed by atoms with van der Waals surface area (Å²) in [5.41, 5.74) is 3.26. The first kappa shape index (κ1) is 10.2. The van der Waals surface area contributed by atoms with Gasteiger partial charge in [0.2, 0.25) is 0 Å². The predicted molar refractivity (Wildman–Crippen MR) is 60.4 cm³/mol. The SMILES string of the molecule is CCC1CCN(CC(C)=C2CNC2)C1. The van der Waals surface area contributed by atoms with Crippen LogP contribution in [0.25, 0.3) is 0 Å². The quantitative estimate of drug-likeness (QED) is 0.687. The summed E-state index contributed by atoms with van der Waals surface area (Å²) in [4.78, 5) is 2.62. The van der Waals surface area contributed by atoms with E-state index in [-0.39, 0.29) is 0 Å². The Morgan fingerprint density at radius 2 is 2.29 bits per heavy atom. The summed E-state index contributed by atoms with van der Waals surface area (Å²) in [6.45, 7) is 10.7. The summed E-state index contributed by atoms with van der Waals surface area (Å²) in [5.74, 6) is 0.965. The van der Waals surface area contributed by atoms with E-state index in [1.54, 1.807) is 11.1 Å². The molecule has 2 heterocycles. The number of hydrogen-bond donors (Lipinski definition) is 1. The zero-order valence-corrected chi connectivity index (χ0v) is 9.47. The summed E-state index contributed by atoms with van der Waals surface area (Å²) < 4.78 is 0. The molecule has 0 spiro atoms. The molecular weight excluding hydrogens is 172 g/mol. The summed E-state index contributed by atoms with van der Waals surface area (Å²) in [6.07, 6.45) is 2.77. The minimum Gasteiger partial charge on any atom is -0.309 e. The van der Waals surface area contributed by atoms with E-state index in [0.29, 0.717) is 0 Å². The Morgan fingerprint density at radius 3 is 2.79 bits per heavy atom. The Balaban J connectivity index is 1.81. The fourth-order valence-electron chi connectivity index (χ4n) is 2.39. The van der Waals surface area contributed by atoms with Crippen LogP contribution < -0.4 is 5.32 Å². The summed E-state index contributed by atoms with van der Waals surface area (Å²) in [7, 11) is 0. The van der Waals surface area contributed by atoms with E-state index in [1.807, 2.05) is 0 Å². The molecule has 2 aliphatic rings. The molecule has 0 aliphatic carbocycles. The second-order valence-electron chi connectivity index (χ2n) is 4.79. The van der Waals surface area contributed by atoms with Crippen LogP contribution in [0.4, 0.5) is 0 Å². The molecule has 2 rings (SSSR count). The van der Waals surface area contributed by atoms with Gasteiger partial charge in [-0.25, -0.2) is 0 Å². The highest BCUT2D eigenvalue weighted by atomic mass is 15.1. The third-order valence-electron chi connectivity index (χ3n) is 3.69. The van der Waals surface area contributed by atoms with Gasteiger partial charge in [0.25, 0.3) is 0 Å². The molecule has 80 valence electrons. The molecule has 1 unspecified atom stereocenters. The minimum absolute atomic E-state index is 0.965. The van der Waals surface area contributed by atoms with Gasteiger partial charge in [-0.15, -0.1) is 0 Å². The second-order valence-corrected chi connectivity index (χ2v) is 4.79. The van der Waals surface area contributed by atoms with Crippen molar-refractivity contribution in [2.45, 2.75) is 26.7 Å². The van der Waals surface area contributed by atoms with Crippen molar-refractivity contribution in [3.63, 3.8) is 0 Å². The maximum absolute atomic E-state index is 3.31. The lowest BCUT2D eigenvalue weighted by Crippen LogP contribution is -2.36. The molecule has 2 saturated heterocycles. The average Bonchev–Trinajstić information content (AvgIpc) is 2.48. The maximum Gasteiger partial charge on any atom is 0.0193 e. The van der Waals surface area contributed by atoms with Crippen molar-refractivity contribution >= 4 is 0 Å². The molecule has 0 radical (unpaired) electrons. The molecule has 2 nitrogen and oxygen atoms in total. The van der Waals surface area contributed by atoms with Crippen LogP contribution in [0.5, 0.6) is 0 Å². The Morgan fingerprint density at radius 1 is 1.50 bits per heavy atom.